The van der Waals surface area contributed by atoms with Crippen molar-refractivity contribution < 1.29 is 9.63 Å². The standard InChI is InChI=1S/C16H20N2O2/c1-3-8-18(9-10-19)12-15-11-16(17-20-15)14-6-4-13(2)5-7-14/h3-7,11,19H,1,8-10,12H2,2H3. The molecule has 1 heterocycles. The van der Waals surface area contributed by atoms with Crippen LogP contribution in [0.25, 0.3) is 11.3 Å². The molecule has 0 saturated carbocycles. The van der Waals surface area contributed by atoms with E-state index in [-0.39, 0.29) is 6.61 Å². The second kappa shape index (κ2) is 7.03. The highest BCUT2D eigenvalue weighted by Gasteiger charge is 2.10. The summed E-state index contributed by atoms with van der Waals surface area (Å²) in [7, 11) is 0. The molecule has 1 aromatic carbocycles. The normalized spacial score (nSPS) is 10.9. The second-order valence-corrected chi connectivity index (χ2v) is 4.79. The highest BCUT2D eigenvalue weighted by atomic mass is 16.5. The van der Waals surface area contributed by atoms with E-state index in [1.165, 1.54) is 5.56 Å². The first kappa shape index (κ1) is 14.5. The molecule has 4 nitrogen and oxygen atoms in total. The van der Waals surface area contributed by atoms with Crippen LogP contribution in [0.1, 0.15) is 11.3 Å². The summed E-state index contributed by atoms with van der Waals surface area (Å²) in [5, 5.41) is 13.1. The number of aryl methyl sites for hydroxylation is 1. The summed E-state index contributed by atoms with van der Waals surface area (Å²) in [6, 6.07) is 10.1. The van der Waals surface area contributed by atoms with Crippen LogP contribution in [0.5, 0.6) is 0 Å². The molecule has 0 aliphatic heterocycles. The molecular weight excluding hydrogens is 252 g/mol. The Hall–Kier alpha value is -1.91. The van der Waals surface area contributed by atoms with Gasteiger partial charge in [0.15, 0.2) is 5.76 Å². The van der Waals surface area contributed by atoms with Crippen molar-refractivity contribution in [2.24, 2.45) is 0 Å². The van der Waals surface area contributed by atoms with Gasteiger partial charge in [-0.15, -0.1) is 6.58 Å². The zero-order valence-corrected chi connectivity index (χ0v) is 11.7. The lowest BCUT2D eigenvalue weighted by molar-refractivity contribution is 0.189. The van der Waals surface area contributed by atoms with E-state index in [0.29, 0.717) is 19.6 Å². The van der Waals surface area contributed by atoms with Gasteiger partial charge in [-0.05, 0) is 6.92 Å². The number of aromatic nitrogens is 1. The predicted molar refractivity (Wildman–Crippen MR) is 79.2 cm³/mol. The molecule has 1 aromatic heterocycles. The Kier molecular flexibility index (Phi) is 5.09. The minimum Gasteiger partial charge on any atom is -0.395 e. The largest absolute Gasteiger partial charge is 0.395 e. The maximum Gasteiger partial charge on any atom is 0.151 e. The van der Waals surface area contributed by atoms with Crippen LogP contribution in [0.2, 0.25) is 0 Å². The van der Waals surface area contributed by atoms with Crippen molar-refractivity contribution in [1.29, 1.82) is 0 Å². The van der Waals surface area contributed by atoms with E-state index in [1.807, 2.05) is 29.2 Å². The van der Waals surface area contributed by atoms with Crippen molar-refractivity contribution in [3.05, 3.63) is 54.3 Å². The summed E-state index contributed by atoms with van der Waals surface area (Å²) in [6.07, 6.45) is 1.81. The molecule has 2 aromatic rings. The molecule has 0 fully saturated rings. The maximum absolute atomic E-state index is 9.03. The number of aliphatic hydroxyl groups is 1. The first-order valence-electron chi connectivity index (χ1n) is 6.69. The van der Waals surface area contributed by atoms with Gasteiger partial charge in [0, 0.05) is 24.7 Å². The van der Waals surface area contributed by atoms with Crippen LogP contribution in [0.15, 0.2) is 47.5 Å². The van der Waals surface area contributed by atoms with Crippen molar-refractivity contribution >= 4 is 0 Å². The van der Waals surface area contributed by atoms with Crippen LogP contribution in [0.4, 0.5) is 0 Å². The van der Waals surface area contributed by atoms with Gasteiger partial charge < -0.3 is 9.63 Å². The van der Waals surface area contributed by atoms with Crippen molar-refractivity contribution in [2.45, 2.75) is 13.5 Å². The van der Waals surface area contributed by atoms with Gasteiger partial charge in [0.1, 0.15) is 5.69 Å². The molecule has 0 saturated heterocycles. The van der Waals surface area contributed by atoms with Crippen molar-refractivity contribution in [2.75, 3.05) is 19.7 Å². The maximum atomic E-state index is 9.03. The highest BCUT2D eigenvalue weighted by Crippen LogP contribution is 2.20. The topological polar surface area (TPSA) is 49.5 Å². The SMILES string of the molecule is C=CCN(CCO)Cc1cc(-c2ccc(C)cc2)no1. The number of hydrogen-bond acceptors (Lipinski definition) is 4. The Balaban J connectivity index is 2.08. The van der Waals surface area contributed by atoms with Crippen LogP contribution in [-0.2, 0) is 6.54 Å². The molecule has 0 aliphatic rings. The van der Waals surface area contributed by atoms with Crippen LogP contribution in [0.3, 0.4) is 0 Å². The molecule has 0 spiro atoms. The molecule has 0 unspecified atom stereocenters. The van der Waals surface area contributed by atoms with Crippen LogP contribution in [0, 0.1) is 6.92 Å². The lowest BCUT2D eigenvalue weighted by Gasteiger charge is -2.16. The van der Waals surface area contributed by atoms with E-state index in [4.69, 9.17) is 9.63 Å². The smallest absolute Gasteiger partial charge is 0.151 e. The van der Waals surface area contributed by atoms with E-state index in [9.17, 15) is 0 Å². The highest BCUT2D eigenvalue weighted by molar-refractivity contribution is 5.59. The summed E-state index contributed by atoms with van der Waals surface area (Å²) >= 11 is 0. The molecule has 0 amide bonds. The van der Waals surface area contributed by atoms with E-state index in [0.717, 1.165) is 17.0 Å². The lowest BCUT2D eigenvalue weighted by atomic mass is 10.1. The molecule has 106 valence electrons. The van der Waals surface area contributed by atoms with Crippen LogP contribution in [-0.4, -0.2) is 34.9 Å². The third-order valence-electron chi connectivity index (χ3n) is 3.09. The zero-order valence-electron chi connectivity index (χ0n) is 11.7. The molecule has 2 rings (SSSR count). The zero-order chi connectivity index (χ0) is 14.4. The third-order valence-corrected chi connectivity index (χ3v) is 3.09. The Labute approximate surface area is 119 Å². The predicted octanol–water partition coefficient (Wildman–Crippen LogP) is 2.63. The molecule has 0 bridgehead atoms. The average molecular weight is 272 g/mol. The van der Waals surface area contributed by atoms with Crippen molar-refractivity contribution in [3.8, 4) is 11.3 Å². The first-order valence-corrected chi connectivity index (χ1v) is 6.69. The van der Waals surface area contributed by atoms with Crippen LogP contribution < -0.4 is 0 Å². The molecule has 1 N–H and O–H groups in total. The van der Waals surface area contributed by atoms with E-state index in [2.05, 4.69) is 30.8 Å². The fourth-order valence-corrected chi connectivity index (χ4v) is 2.03. The van der Waals surface area contributed by atoms with Gasteiger partial charge in [0.05, 0.1) is 13.2 Å². The van der Waals surface area contributed by atoms with Gasteiger partial charge in [-0.2, -0.15) is 0 Å². The Morgan fingerprint density at radius 2 is 2.10 bits per heavy atom. The molecule has 4 heteroatoms. The van der Waals surface area contributed by atoms with Gasteiger partial charge in [0.25, 0.3) is 0 Å². The Morgan fingerprint density at radius 1 is 1.35 bits per heavy atom. The third kappa shape index (κ3) is 3.79. The number of benzene rings is 1. The van der Waals surface area contributed by atoms with Crippen molar-refractivity contribution in [3.63, 3.8) is 0 Å². The molecule has 0 atom stereocenters. The van der Waals surface area contributed by atoms with E-state index >= 15 is 0 Å². The fourth-order valence-electron chi connectivity index (χ4n) is 2.03. The first-order chi connectivity index (χ1) is 9.72. The fraction of sp³-hybridized carbons (Fsp3) is 0.312. The van der Waals surface area contributed by atoms with Gasteiger partial charge in [0.2, 0.25) is 0 Å². The van der Waals surface area contributed by atoms with Crippen LogP contribution >= 0.6 is 0 Å². The van der Waals surface area contributed by atoms with E-state index < -0.39 is 0 Å². The molecular formula is C16H20N2O2. The van der Waals surface area contributed by atoms with Gasteiger partial charge in [-0.25, -0.2) is 0 Å². The Morgan fingerprint density at radius 3 is 2.75 bits per heavy atom. The minimum atomic E-state index is 0.118. The minimum absolute atomic E-state index is 0.118. The van der Waals surface area contributed by atoms with Gasteiger partial charge >= 0.3 is 0 Å². The van der Waals surface area contributed by atoms with Gasteiger partial charge in [-0.3, -0.25) is 4.90 Å². The molecule has 0 aliphatic carbocycles. The number of aliphatic hydroxyl groups excluding tert-OH is 1. The summed E-state index contributed by atoms with van der Waals surface area (Å²) in [6.45, 7) is 7.81. The average Bonchev–Trinajstić information content (AvgIpc) is 2.89. The molecule has 0 radical (unpaired) electrons. The quantitative estimate of drug-likeness (QED) is 0.787. The lowest BCUT2D eigenvalue weighted by Crippen LogP contribution is -2.26. The number of rotatable bonds is 7. The summed E-state index contributed by atoms with van der Waals surface area (Å²) in [4.78, 5) is 2.05. The summed E-state index contributed by atoms with van der Waals surface area (Å²) in [5.74, 6) is 0.788. The molecule has 20 heavy (non-hydrogen) atoms. The second-order valence-electron chi connectivity index (χ2n) is 4.79. The van der Waals surface area contributed by atoms with E-state index in [1.54, 1.807) is 0 Å². The Bertz CT molecular complexity index is 546. The summed E-state index contributed by atoms with van der Waals surface area (Å²) < 4.78 is 5.36. The van der Waals surface area contributed by atoms with Gasteiger partial charge in [-0.1, -0.05) is 41.1 Å². The summed E-state index contributed by atoms with van der Waals surface area (Å²) in [5.41, 5.74) is 3.10. The number of nitrogens with zero attached hydrogens (tertiary/aromatic N) is 2. The van der Waals surface area contributed by atoms with Crippen molar-refractivity contribution in [1.82, 2.24) is 10.1 Å². The number of hydrogen-bond donors (Lipinski definition) is 1. The monoisotopic (exact) mass is 272 g/mol.